The maximum atomic E-state index is 11.7. The Bertz CT molecular complexity index is 716. The summed E-state index contributed by atoms with van der Waals surface area (Å²) in [6.45, 7) is 0.378. The molecule has 1 atom stereocenters. The van der Waals surface area contributed by atoms with Gasteiger partial charge >= 0.3 is 6.09 Å². The van der Waals surface area contributed by atoms with Gasteiger partial charge in [-0.25, -0.2) is 4.79 Å². The molecule has 1 aliphatic heterocycles. The molecular weight excluding hydrogens is 353 g/mol. The number of anilines is 1. The Labute approximate surface area is 149 Å². The van der Waals surface area contributed by atoms with Crippen LogP contribution >= 0.6 is 23.2 Å². The van der Waals surface area contributed by atoms with Gasteiger partial charge in [-0.3, -0.25) is 4.90 Å². The monoisotopic (exact) mass is 367 g/mol. The van der Waals surface area contributed by atoms with Crippen molar-refractivity contribution in [3.8, 4) is 5.75 Å². The van der Waals surface area contributed by atoms with Crippen LogP contribution < -0.4 is 9.64 Å². The number of carbonyl (C=O) groups is 1. The van der Waals surface area contributed by atoms with Crippen molar-refractivity contribution in [2.24, 2.45) is 0 Å². The molecule has 0 aliphatic carbocycles. The highest BCUT2D eigenvalue weighted by atomic mass is 35.5. The second-order valence-electron chi connectivity index (χ2n) is 5.28. The molecule has 1 saturated heterocycles. The summed E-state index contributed by atoms with van der Waals surface area (Å²) in [6.07, 6.45) is -0.957. The van der Waals surface area contributed by atoms with Crippen LogP contribution in [0.15, 0.2) is 42.5 Å². The van der Waals surface area contributed by atoms with Crippen molar-refractivity contribution in [2.75, 3.05) is 18.1 Å². The predicted octanol–water partition coefficient (Wildman–Crippen LogP) is 3.89. The Balaban J connectivity index is 1.66. The van der Waals surface area contributed by atoms with Gasteiger partial charge in [-0.1, -0.05) is 29.3 Å². The van der Waals surface area contributed by atoms with Crippen LogP contribution in [0.25, 0.3) is 0 Å². The Morgan fingerprint density at radius 1 is 1.17 bits per heavy atom. The fraction of sp³-hybridized carbons (Fsp3) is 0.235. The summed E-state index contributed by atoms with van der Waals surface area (Å²) in [5.41, 5.74) is 1.40. The largest absolute Gasteiger partial charge is 0.489 e. The molecule has 0 radical (unpaired) electrons. The van der Waals surface area contributed by atoms with E-state index in [9.17, 15) is 4.79 Å². The van der Waals surface area contributed by atoms with Crippen LogP contribution in [-0.4, -0.2) is 30.5 Å². The zero-order valence-corrected chi connectivity index (χ0v) is 14.1. The van der Waals surface area contributed by atoms with E-state index in [1.54, 1.807) is 42.5 Å². The van der Waals surface area contributed by atoms with E-state index in [1.165, 1.54) is 4.90 Å². The quantitative estimate of drug-likeness (QED) is 0.870. The number of hydrogen-bond acceptors (Lipinski definition) is 4. The maximum absolute atomic E-state index is 11.7. The highest BCUT2D eigenvalue weighted by molar-refractivity contribution is 6.35. The molecule has 126 valence electrons. The summed E-state index contributed by atoms with van der Waals surface area (Å²) in [5.74, 6) is 0.626. The molecule has 1 aliphatic rings. The summed E-state index contributed by atoms with van der Waals surface area (Å²) in [5, 5.41) is 10.2. The van der Waals surface area contributed by atoms with Gasteiger partial charge < -0.3 is 14.6 Å². The third kappa shape index (κ3) is 3.59. The Kier molecular flexibility index (Phi) is 5.14. The smallest absolute Gasteiger partial charge is 0.414 e. The number of rotatable bonds is 5. The van der Waals surface area contributed by atoms with Crippen LogP contribution in [0.4, 0.5) is 10.5 Å². The summed E-state index contributed by atoms with van der Waals surface area (Å²) >= 11 is 12.2. The van der Waals surface area contributed by atoms with Crippen molar-refractivity contribution >= 4 is 35.0 Å². The van der Waals surface area contributed by atoms with E-state index in [0.29, 0.717) is 28.0 Å². The van der Waals surface area contributed by atoms with Crippen molar-refractivity contribution in [3.05, 3.63) is 58.1 Å². The van der Waals surface area contributed by atoms with Gasteiger partial charge in [0.15, 0.2) is 0 Å². The number of cyclic esters (lactones) is 1. The first-order chi connectivity index (χ1) is 11.6. The lowest BCUT2D eigenvalue weighted by Crippen LogP contribution is -2.25. The van der Waals surface area contributed by atoms with Crippen molar-refractivity contribution in [1.29, 1.82) is 0 Å². The van der Waals surface area contributed by atoms with Crippen molar-refractivity contribution < 1.29 is 19.4 Å². The average molecular weight is 368 g/mol. The number of amides is 1. The first-order valence-corrected chi connectivity index (χ1v) is 8.09. The first-order valence-electron chi connectivity index (χ1n) is 7.33. The third-order valence-electron chi connectivity index (χ3n) is 3.67. The zero-order chi connectivity index (χ0) is 17.1. The van der Waals surface area contributed by atoms with Crippen molar-refractivity contribution in [3.63, 3.8) is 0 Å². The second-order valence-corrected chi connectivity index (χ2v) is 6.10. The van der Waals surface area contributed by atoms with Gasteiger partial charge in [-0.05, 0) is 36.4 Å². The predicted molar refractivity (Wildman–Crippen MR) is 91.9 cm³/mol. The summed E-state index contributed by atoms with van der Waals surface area (Å²) < 4.78 is 10.7. The van der Waals surface area contributed by atoms with Gasteiger partial charge in [0.25, 0.3) is 0 Å². The number of ether oxygens (including phenoxy) is 2. The van der Waals surface area contributed by atoms with E-state index >= 15 is 0 Å². The lowest BCUT2D eigenvalue weighted by atomic mass is 10.2. The standard InChI is InChI=1S/C17H15Cl2NO4/c18-15-2-1-3-16(19)14(15)10-23-12-6-4-11(5-7-12)20-8-13(9-21)24-17(20)22/h1-7,13,21H,8-10H2/t13-/m0/s1. The van der Waals surface area contributed by atoms with E-state index in [4.69, 9.17) is 37.8 Å². The number of halogens is 2. The van der Waals surface area contributed by atoms with Gasteiger partial charge in [0, 0.05) is 21.3 Å². The third-order valence-corrected chi connectivity index (χ3v) is 4.38. The number of aliphatic hydroxyl groups excluding tert-OH is 1. The summed E-state index contributed by atoms with van der Waals surface area (Å²) in [7, 11) is 0. The number of aliphatic hydroxyl groups is 1. The minimum absolute atomic E-state index is 0.192. The lowest BCUT2D eigenvalue weighted by Gasteiger charge is -2.14. The molecule has 0 aromatic heterocycles. The molecule has 7 heteroatoms. The number of carbonyl (C=O) groups excluding carboxylic acids is 1. The molecule has 1 amide bonds. The van der Waals surface area contributed by atoms with Gasteiger partial charge in [0.1, 0.15) is 18.5 Å². The number of hydrogen-bond donors (Lipinski definition) is 1. The molecule has 2 aromatic rings. The van der Waals surface area contributed by atoms with Gasteiger partial charge in [0.2, 0.25) is 0 Å². The maximum Gasteiger partial charge on any atom is 0.414 e. The normalized spacial score (nSPS) is 17.0. The molecule has 0 spiro atoms. The molecule has 0 saturated carbocycles. The highest BCUT2D eigenvalue weighted by Crippen LogP contribution is 2.27. The molecule has 1 fully saturated rings. The topological polar surface area (TPSA) is 59.0 Å². The van der Waals surface area contributed by atoms with E-state index in [1.807, 2.05) is 0 Å². The molecule has 1 heterocycles. The molecule has 5 nitrogen and oxygen atoms in total. The summed E-state index contributed by atoms with van der Waals surface area (Å²) in [6, 6.07) is 12.3. The second kappa shape index (κ2) is 7.30. The van der Waals surface area contributed by atoms with Crippen LogP contribution in [-0.2, 0) is 11.3 Å². The van der Waals surface area contributed by atoms with Crippen molar-refractivity contribution in [1.82, 2.24) is 0 Å². The minimum atomic E-state index is -0.490. The van der Waals surface area contributed by atoms with Crippen LogP contribution in [0.2, 0.25) is 10.0 Å². The van der Waals surface area contributed by atoms with E-state index in [2.05, 4.69) is 0 Å². The van der Waals surface area contributed by atoms with Gasteiger partial charge in [-0.2, -0.15) is 0 Å². The van der Waals surface area contributed by atoms with E-state index in [0.717, 1.165) is 5.56 Å². The van der Waals surface area contributed by atoms with Gasteiger partial charge in [-0.15, -0.1) is 0 Å². The van der Waals surface area contributed by atoms with Gasteiger partial charge in [0.05, 0.1) is 13.2 Å². The SMILES string of the molecule is O=C1O[C@H](CO)CN1c1ccc(OCc2c(Cl)cccc2Cl)cc1. The fourth-order valence-corrected chi connectivity index (χ4v) is 2.88. The average Bonchev–Trinajstić information content (AvgIpc) is 2.96. The van der Waals surface area contributed by atoms with Crippen LogP contribution in [0.1, 0.15) is 5.56 Å². The fourth-order valence-electron chi connectivity index (χ4n) is 2.38. The van der Waals surface area contributed by atoms with Crippen molar-refractivity contribution in [2.45, 2.75) is 12.7 Å². The molecule has 3 rings (SSSR count). The molecular formula is C17H15Cl2NO4. The Morgan fingerprint density at radius 3 is 2.42 bits per heavy atom. The molecule has 24 heavy (non-hydrogen) atoms. The molecule has 0 bridgehead atoms. The molecule has 0 unspecified atom stereocenters. The number of nitrogens with zero attached hydrogens (tertiary/aromatic N) is 1. The molecule has 1 N–H and O–H groups in total. The lowest BCUT2D eigenvalue weighted by molar-refractivity contribution is 0.0963. The molecule has 2 aromatic carbocycles. The Morgan fingerprint density at radius 2 is 1.83 bits per heavy atom. The Hall–Kier alpha value is -1.95. The van der Waals surface area contributed by atoms with Crippen LogP contribution in [0.5, 0.6) is 5.75 Å². The van der Waals surface area contributed by atoms with E-state index < -0.39 is 12.2 Å². The zero-order valence-electron chi connectivity index (χ0n) is 12.6. The highest BCUT2D eigenvalue weighted by Gasteiger charge is 2.31. The van der Waals surface area contributed by atoms with Crippen LogP contribution in [0, 0.1) is 0 Å². The van der Waals surface area contributed by atoms with Crippen LogP contribution in [0.3, 0.4) is 0 Å². The number of benzene rings is 2. The van der Waals surface area contributed by atoms with E-state index in [-0.39, 0.29) is 13.2 Å². The minimum Gasteiger partial charge on any atom is -0.489 e. The summed E-state index contributed by atoms with van der Waals surface area (Å²) in [4.78, 5) is 13.2. The first kappa shape index (κ1) is 16.9.